The first-order valence-electron chi connectivity index (χ1n) is 7.02. The van der Waals surface area contributed by atoms with E-state index in [2.05, 4.69) is 50.3 Å². The number of hydrogen-bond donors (Lipinski definition) is 1. The second kappa shape index (κ2) is 8.18. The first-order valence-corrected chi connectivity index (χ1v) is 7.02. The van der Waals surface area contributed by atoms with Crippen LogP contribution in [0.2, 0.25) is 0 Å². The fraction of sp³-hybridized carbons (Fsp3) is 0.625. The highest BCUT2D eigenvalue weighted by atomic mass is 16.5. The van der Waals surface area contributed by atoms with E-state index in [0.29, 0.717) is 12.0 Å². The highest BCUT2D eigenvalue weighted by Gasteiger charge is 2.11. The van der Waals surface area contributed by atoms with E-state index in [1.54, 1.807) is 7.11 Å². The highest BCUT2D eigenvalue weighted by Crippen LogP contribution is 2.12. The molecule has 0 fully saturated rings. The van der Waals surface area contributed by atoms with Crippen LogP contribution in [-0.2, 0) is 6.54 Å². The SMILES string of the molecule is COc1ccc(CNC(CC(C)C)CN(C)C)cc1. The summed E-state index contributed by atoms with van der Waals surface area (Å²) >= 11 is 0. The van der Waals surface area contributed by atoms with Crippen molar-refractivity contribution in [1.29, 1.82) is 0 Å². The minimum absolute atomic E-state index is 0.539. The highest BCUT2D eigenvalue weighted by molar-refractivity contribution is 5.27. The van der Waals surface area contributed by atoms with Crippen LogP contribution in [0.15, 0.2) is 24.3 Å². The van der Waals surface area contributed by atoms with Gasteiger partial charge < -0.3 is 15.0 Å². The first-order chi connectivity index (χ1) is 9.01. The molecule has 0 saturated heterocycles. The van der Waals surface area contributed by atoms with Crippen LogP contribution < -0.4 is 10.1 Å². The normalized spacial score (nSPS) is 13.0. The van der Waals surface area contributed by atoms with Crippen LogP contribution >= 0.6 is 0 Å². The monoisotopic (exact) mass is 264 g/mol. The molecule has 1 atom stereocenters. The van der Waals surface area contributed by atoms with Crippen LogP contribution in [0.3, 0.4) is 0 Å². The third-order valence-corrected chi connectivity index (χ3v) is 3.10. The Bertz CT molecular complexity index is 336. The Kier molecular flexibility index (Phi) is 6.89. The number of methoxy groups -OCH3 is 1. The van der Waals surface area contributed by atoms with Crippen molar-refractivity contribution >= 4 is 0 Å². The van der Waals surface area contributed by atoms with Gasteiger partial charge in [0.1, 0.15) is 5.75 Å². The van der Waals surface area contributed by atoms with Crippen molar-refractivity contribution in [2.45, 2.75) is 32.9 Å². The van der Waals surface area contributed by atoms with Gasteiger partial charge in [0.2, 0.25) is 0 Å². The molecule has 1 aromatic rings. The number of benzene rings is 1. The molecule has 3 heteroatoms. The zero-order valence-electron chi connectivity index (χ0n) is 12.9. The van der Waals surface area contributed by atoms with Crippen LogP contribution in [0.4, 0.5) is 0 Å². The average molecular weight is 264 g/mol. The molecule has 0 heterocycles. The fourth-order valence-electron chi connectivity index (χ4n) is 2.24. The number of nitrogens with zero attached hydrogens (tertiary/aromatic N) is 1. The van der Waals surface area contributed by atoms with Crippen LogP contribution in [0.25, 0.3) is 0 Å². The maximum absolute atomic E-state index is 5.17. The molecule has 0 aliphatic rings. The van der Waals surface area contributed by atoms with Crippen molar-refractivity contribution in [2.24, 2.45) is 5.92 Å². The molecular formula is C16H28N2O. The van der Waals surface area contributed by atoms with E-state index in [1.807, 2.05) is 12.1 Å². The molecule has 0 radical (unpaired) electrons. The van der Waals surface area contributed by atoms with Gasteiger partial charge in [0.05, 0.1) is 7.11 Å². The van der Waals surface area contributed by atoms with Crippen LogP contribution in [0.1, 0.15) is 25.8 Å². The number of nitrogens with one attached hydrogen (secondary N) is 1. The topological polar surface area (TPSA) is 24.5 Å². The summed E-state index contributed by atoms with van der Waals surface area (Å²) in [5.74, 6) is 1.63. The van der Waals surface area contributed by atoms with Crippen LogP contribution in [-0.4, -0.2) is 38.7 Å². The van der Waals surface area contributed by atoms with E-state index >= 15 is 0 Å². The quantitative estimate of drug-likeness (QED) is 0.781. The molecule has 1 aromatic carbocycles. The summed E-state index contributed by atoms with van der Waals surface area (Å²) in [7, 11) is 5.95. The Morgan fingerprint density at radius 3 is 2.26 bits per heavy atom. The van der Waals surface area contributed by atoms with Gasteiger partial charge in [-0.1, -0.05) is 26.0 Å². The number of likely N-dealkylation sites (N-methyl/N-ethyl adjacent to an activating group) is 1. The minimum Gasteiger partial charge on any atom is -0.497 e. The summed E-state index contributed by atoms with van der Waals surface area (Å²) < 4.78 is 5.17. The van der Waals surface area contributed by atoms with E-state index in [4.69, 9.17) is 4.74 Å². The van der Waals surface area contributed by atoms with Gasteiger partial charge in [0.15, 0.2) is 0 Å². The molecular weight excluding hydrogens is 236 g/mol. The molecule has 1 rings (SSSR count). The fourth-order valence-corrected chi connectivity index (χ4v) is 2.24. The summed E-state index contributed by atoms with van der Waals surface area (Å²) in [5, 5.41) is 3.65. The summed E-state index contributed by atoms with van der Waals surface area (Å²) in [4.78, 5) is 2.24. The maximum atomic E-state index is 5.17. The first kappa shape index (κ1) is 16.0. The van der Waals surface area contributed by atoms with Crippen LogP contribution in [0.5, 0.6) is 5.75 Å². The smallest absolute Gasteiger partial charge is 0.118 e. The lowest BCUT2D eigenvalue weighted by Gasteiger charge is -2.24. The number of hydrogen-bond acceptors (Lipinski definition) is 3. The van der Waals surface area contributed by atoms with Gasteiger partial charge in [-0.3, -0.25) is 0 Å². The van der Waals surface area contributed by atoms with Crippen molar-refractivity contribution in [3.63, 3.8) is 0 Å². The van der Waals surface area contributed by atoms with Gasteiger partial charge in [-0.2, -0.15) is 0 Å². The molecule has 1 unspecified atom stereocenters. The number of ether oxygens (including phenoxy) is 1. The second-order valence-corrected chi connectivity index (χ2v) is 5.82. The Morgan fingerprint density at radius 1 is 1.16 bits per heavy atom. The van der Waals surface area contributed by atoms with Crippen molar-refractivity contribution in [3.05, 3.63) is 29.8 Å². The molecule has 0 aliphatic carbocycles. The van der Waals surface area contributed by atoms with Crippen molar-refractivity contribution in [3.8, 4) is 5.75 Å². The molecule has 0 spiro atoms. The second-order valence-electron chi connectivity index (χ2n) is 5.82. The molecule has 3 nitrogen and oxygen atoms in total. The predicted octanol–water partition coefficient (Wildman–Crippen LogP) is 2.76. The summed E-state index contributed by atoms with van der Waals surface area (Å²) in [6, 6.07) is 8.81. The Labute approximate surface area is 118 Å². The molecule has 0 aliphatic heterocycles. The molecule has 0 bridgehead atoms. The standard InChI is InChI=1S/C16H28N2O/c1-13(2)10-15(12-18(3)4)17-11-14-6-8-16(19-5)9-7-14/h6-9,13,15,17H,10-12H2,1-5H3. The zero-order chi connectivity index (χ0) is 14.3. The van der Waals surface area contributed by atoms with Crippen molar-refractivity contribution < 1.29 is 4.74 Å². The maximum Gasteiger partial charge on any atom is 0.118 e. The number of rotatable bonds is 8. The third kappa shape index (κ3) is 6.60. The van der Waals surface area contributed by atoms with E-state index in [1.165, 1.54) is 12.0 Å². The van der Waals surface area contributed by atoms with Gasteiger partial charge >= 0.3 is 0 Å². The van der Waals surface area contributed by atoms with Gasteiger partial charge in [0.25, 0.3) is 0 Å². The molecule has 1 N–H and O–H groups in total. The lowest BCUT2D eigenvalue weighted by atomic mass is 10.0. The Balaban J connectivity index is 2.49. The summed E-state index contributed by atoms with van der Waals surface area (Å²) in [6.45, 7) is 6.54. The lowest BCUT2D eigenvalue weighted by molar-refractivity contribution is 0.305. The molecule has 0 saturated carbocycles. The zero-order valence-corrected chi connectivity index (χ0v) is 12.9. The molecule has 108 valence electrons. The van der Waals surface area contributed by atoms with E-state index in [-0.39, 0.29) is 0 Å². The summed E-state index contributed by atoms with van der Waals surface area (Å²) in [6.07, 6.45) is 1.20. The average Bonchev–Trinajstić information content (AvgIpc) is 2.35. The molecule has 0 aromatic heterocycles. The van der Waals surface area contributed by atoms with E-state index in [9.17, 15) is 0 Å². The molecule has 0 amide bonds. The molecule has 19 heavy (non-hydrogen) atoms. The largest absolute Gasteiger partial charge is 0.497 e. The van der Waals surface area contributed by atoms with E-state index in [0.717, 1.165) is 18.8 Å². The van der Waals surface area contributed by atoms with Crippen molar-refractivity contribution in [2.75, 3.05) is 27.7 Å². The summed E-state index contributed by atoms with van der Waals surface area (Å²) in [5.41, 5.74) is 1.30. The van der Waals surface area contributed by atoms with Gasteiger partial charge in [-0.15, -0.1) is 0 Å². The van der Waals surface area contributed by atoms with E-state index < -0.39 is 0 Å². The van der Waals surface area contributed by atoms with Gasteiger partial charge in [0, 0.05) is 19.1 Å². The Morgan fingerprint density at radius 2 is 1.79 bits per heavy atom. The lowest BCUT2D eigenvalue weighted by Crippen LogP contribution is -2.38. The van der Waals surface area contributed by atoms with Gasteiger partial charge in [-0.25, -0.2) is 0 Å². The van der Waals surface area contributed by atoms with Crippen LogP contribution in [0, 0.1) is 5.92 Å². The van der Waals surface area contributed by atoms with Gasteiger partial charge in [-0.05, 0) is 44.1 Å². The third-order valence-electron chi connectivity index (χ3n) is 3.10. The van der Waals surface area contributed by atoms with Crippen molar-refractivity contribution in [1.82, 2.24) is 10.2 Å². The minimum atomic E-state index is 0.539. The predicted molar refractivity (Wildman–Crippen MR) is 81.6 cm³/mol. The Hall–Kier alpha value is -1.06.